The van der Waals surface area contributed by atoms with Crippen molar-refractivity contribution in [1.29, 1.82) is 0 Å². The highest BCUT2D eigenvalue weighted by Crippen LogP contribution is 2.09. The van der Waals surface area contributed by atoms with Crippen LogP contribution in [0.25, 0.3) is 0 Å². The summed E-state index contributed by atoms with van der Waals surface area (Å²) in [5.41, 5.74) is 7.74. The molecule has 0 unspecified atom stereocenters. The van der Waals surface area contributed by atoms with E-state index in [0.29, 0.717) is 13.1 Å². The van der Waals surface area contributed by atoms with Crippen molar-refractivity contribution in [2.24, 2.45) is 5.73 Å². The van der Waals surface area contributed by atoms with Crippen molar-refractivity contribution in [2.45, 2.75) is 32.9 Å². The fraction of sp³-hybridized carbons (Fsp3) is 0.636. The minimum absolute atomic E-state index is 0.110. The zero-order valence-electron chi connectivity index (χ0n) is 9.81. The average Bonchev–Trinajstić information content (AvgIpc) is 2.74. The van der Waals surface area contributed by atoms with Crippen molar-refractivity contribution in [3.05, 3.63) is 17.5 Å². The highest BCUT2D eigenvalue weighted by Gasteiger charge is 2.23. The molecule has 5 nitrogen and oxygen atoms in total. The SMILES string of the molecule is Cc1cc(C)n(CC(=O)N2CC[C@H](N)C2)n1. The Kier molecular flexibility index (Phi) is 2.96. The number of hydrogen-bond acceptors (Lipinski definition) is 3. The first-order valence-electron chi connectivity index (χ1n) is 5.60. The summed E-state index contributed by atoms with van der Waals surface area (Å²) in [7, 11) is 0. The molecule has 0 saturated carbocycles. The number of hydrogen-bond donors (Lipinski definition) is 1. The Morgan fingerprint density at radius 2 is 2.38 bits per heavy atom. The van der Waals surface area contributed by atoms with Crippen LogP contribution in [0.15, 0.2) is 6.07 Å². The van der Waals surface area contributed by atoms with E-state index < -0.39 is 0 Å². The maximum atomic E-state index is 11.9. The number of amides is 1. The van der Waals surface area contributed by atoms with Gasteiger partial charge in [0.1, 0.15) is 6.54 Å². The molecule has 1 atom stereocenters. The van der Waals surface area contributed by atoms with Gasteiger partial charge in [-0.2, -0.15) is 5.10 Å². The van der Waals surface area contributed by atoms with E-state index in [-0.39, 0.29) is 11.9 Å². The van der Waals surface area contributed by atoms with Crippen LogP contribution in [-0.2, 0) is 11.3 Å². The molecule has 1 amide bonds. The fourth-order valence-corrected chi connectivity index (χ4v) is 2.08. The lowest BCUT2D eigenvalue weighted by Crippen LogP contribution is -2.34. The van der Waals surface area contributed by atoms with E-state index in [4.69, 9.17) is 5.73 Å². The standard InChI is InChI=1S/C11H18N4O/c1-8-5-9(2)15(13-8)7-11(16)14-4-3-10(12)6-14/h5,10H,3-4,6-7,12H2,1-2H3/t10-/m0/s1. The predicted octanol–water partition coefficient (Wildman–Crippen LogP) is 0.0595. The average molecular weight is 222 g/mol. The maximum absolute atomic E-state index is 11.9. The first-order valence-corrected chi connectivity index (χ1v) is 5.60. The molecule has 0 radical (unpaired) electrons. The largest absolute Gasteiger partial charge is 0.339 e. The van der Waals surface area contributed by atoms with Gasteiger partial charge < -0.3 is 10.6 Å². The zero-order valence-corrected chi connectivity index (χ0v) is 9.81. The van der Waals surface area contributed by atoms with Crippen molar-refractivity contribution >= 4 is 5.91 Å². The summed E-state index contributed by atoms with van der Waals surface area (Å²) in [6.45, 7) is 5.67. The Morgan fingerprint density at radius 3 is 2.88 bits per heavy atom. The van der Waals surface area contributed by atoms with Gasteiger partial charge in [0.25, 0.3) is 0 Å². The number of nitrogens with zero attached hydrogens (tertiary/aromatic N) is 3. The second-order valence-electron chi connectivity index (χ2n) is 4.47. The first kappa shape index (κ1) is 11.1. The topological polar surface area (TPSA) is 64.2 Å². The van der Waals surface area contributed by atoms with Gasteiger partial charge in [-0.25, -0.2) is 0 Å². The van der Waals surface area contributed by atoms with Gasteiger partial charge in [-0.15, -0.1) is 0 Å². The summed E-state index contributed by atoms with van der Waals surface area (Å²) >= 11 is 0. The predicted molar refractivity (Wildman–Crippen MR) is 60.9 cm³/mol. The minimum Gasteiger partial charge on any atom is -0.339 e. The first-order chi connectivity index (χ1) is 7.56. The normalized spacial score (nSPS) is 20.4. The van der Waals surface area contributed by atoms with Gasteiger partial charge in [-0.05, 0) is 26.3 Å². The van der Waals surface area contributed by atoms with Crippen molar-refractivity contribution in [2.75, 3.05) is 13.1 Å². The van der Waals surface area contributed by atoms with E-state index >= 15 is 0 Å². The van der Waals surface area contributed by atoms with E-state index in [1.165, 1.54) is 0 Å². The summed E-state index contributed by atoms with van der Waals surface area (Å²) in [5.74, 6) is 0.110. The maximum Gasteiger partial charge on any atom is 0.244 e. The molecule has 0 aromatic carbocycles. The van der Waals surface area contributed by atoms with Crippen LogP contribution in [0, 0.1) is 13.8 Å². The van der Waals surface area contributed by atoms with Gasteiger partial charge in [0, 0.05) is 24.8 Å². The van der Waals surface area contributed by atoms with Gasteiger partial charge in [0.2, 0.25) is 5.91 Å². The lowest BCUT2D eigenvalue weighted by atomic mass is 10.3. The molecule has 88 valence electrons. The number of carbonyl (C=O) groups excluding carboxylic acids is 1. The van der Waals surface area contributed by atoms with Gasteiger partial charge in [0.15, 0.2) is 0 Å². The number of nitrogens with two attached hydrogens (primary N) is 1. The number of likely N-dealkylation sites (tertiary alicyclic amines) is 1. The third-order valence-electron chi connectivity index (χ3n) is 2.97. The van der Waals surface area contributed by atoms with Crippen LogP contribution in [0.3, 0.4) is 0 Å². The Labute approximate surface area is 95.2 Å². The summed E-state index contributed by atoms with van der Waals surface area (Å²) in [6, 6.07) is 2.12. The van der Waals surface area contributed by atoms with Crippen LogP contribution in [0.4, 0.5) is 0 Å². The van der Waals surface area contributed by atoms with Gasteiger partial charge in [-0.3, -0.25) is 9.48 Å². The monoisotopic (exact) mass is 222 g/mol. The second kappa shape index (κ2) is 4.25. The highest BCUT2D eigenvalue weighted by atomic mass is 16.2. The van der Waals surface area contributed by atoms with Gasteiger partial charge >= 0.3 is 0 Å². The van der Waals surface area contributed by atoms with Crippen LogP contribution < -0.4 is 5.73 Å². The molecule has 2 N–H and O–H groups in total. The lowest BCUT2D eigenvalue weighted by Gasteiger charge is -2.16. The van der Waals surface area contributed by atoms with E-state index in [9.17, 15) is 4.79 Å². The zero-order chi connectivity index (χ0) is 11.7. The summed E-state index contributed by atoms with van der Waals surface area (Å²) in [5, 5.41) is 4.28. The third-order valence-corrected chi connectivity index (χ3v) is 2.97. The Morgan fingerprint density at radius 1 is 1.62 bits per heavy atom. The second-order valence-corrected chi connectivity index (χ2v) is 4.47. The van der Waals surface area contributed by atoms with Crippen LogP contribution in [0.5, 0.6) is 0 Å². The van der Waals surface area contributed by atoms with Crippen molar-refractivity contribution in [1.82, 2.24) is 14.7 Å². The molecule has 1 saturated heterocycles. The van der Waals surface area contributed by atoms with Crippen molar-refractivity contribution < 1.29 is 4.79 Å². The molecule has 1 fully saturated rings. The van der Waals surface area contributed by atoms with Crippen LogP contribution >= 0.6 is 0 Å². The molecular weight excluding hydrogens is 204 g/mol. The van der Waals surface area contributed by atoms with Crippen LogP contribution in [0.1, 0.15) is 17.8 Å². The third kappa shape index (κ3) is 2.24. The van der Waals surface area contributed by atoms with E-state index in [1.54, 1.807) is 4.68 Å². The molecule has 5 heteroatoms. The molecule has 2 heterocycles. The Bertz CT molecular complexity index is 399. The van der Waals surface area contributed by atoms with Gasteiger partial charge in [0.05, 0.1) is 5.69 Å². The van der Waals surface area contributed by atoms with Crippen molar-refractivity contribution in [3.8, 4) is 0 Å². The van der Waals surface area contributed by atoms with E-state index in [1.807, 2.05) is 24.8 Å². The van der Waals surface area contributed by atoms with Crippen LogP contribution in [-0.4, -0.2) is 39.7 Å². The fourth-order valence-electron chi connectivity index (χ4n) is 2.08. The molecule has 1 aromatic rings. The number of aromatic nitrogens is 2. The molecule has 0 spiro atoms. The summed E-state index contributed by atoms with van der Waals surface area (Å²) in [4.78, 5) is 13.8. The molecule has 1 aliphatic heterocycles. The molecule has 0 bridgehead atoms. The number of aryl methyl sites for hydroxylation is 2. The molecule has 1 aromatic heterocycles. The summed E-state index contributed by atoms with van der Waals surface area (Å²) < 4.78 is 1.75. The smallest absolute Gasteiger partial charge is 0.244 e. The van der Waals surface area contributed by atoms with Crippen molar-refractivity contribution in [3.63, 3.8) is 0 Å². The molecule has 16 heavy (non-hydrogen) atoms. The highest BCUT2D eigenvalue weighted by molar-refractivity contribution is 5.76. The number of rotatable bonds is 2. The number of carbonyl (C=O) groups is 1. The molecule has 1 aliphatic rings. The molecular formula is C11H18N4O. The Balaban J connectivity index is 1.99. The minimum atomic E-state index is 0.110. The lowest BCUT2D eigenvalue weighted by molar-refractivity contribution is -0.131. The molecule has 2 rings (SSSR count). The van der Waals surface area contributed by atoms with Crippen LogP contribution in [0.2, 0.25) is 0 Å². The van der Waals surface area contributed by atoms with Gasteiger partial charge in [-0.1, -0.05) is 0 Å². The van der Waals surface area contributed by atoms with E-state index in [0.717, 1.165) is 24.4 Å². The molecule has 0 aliphatic carbocycles. The summed E-state index contributed by atoms with van der Waals surface area (Å²) in [6.07, 6.45) is 0.906. The quantitative estimate of drug-likeness (QED) is 0.769. The Hall–Kier alpha value is -1.36. The van der Waals surface area contributed by atoms with E-state index in [2.05, 4.69) is 5.10 Å².